The molecule has 8 heteroatoms. The van der Waals surface area contributed by atoms with Crippen molar-refractivity contribution < 1.29 is 4.79 Å². The fraction of sp³-hybridized carbons (Fsp3) is 0.250. The van der Waals surface area contributed by atoms with Gasteiger partial charge in [-0.3, -0.25) is 4.79 Å². The van der Waals surface area contributed by atoms with Crippen molar-refractivity contribution in [2.24, 2.45) is 0 Å². The molecule has 102 valence electrons. The van der Waals surface area contributed by atoms with Gasteiger partial charge in [0.25, 0.3) is 11.7 Å². The first-order chi connectivity index (χ1) is 9.63. The van der Waals surface area contributed by atoms with Gasteiger partial charge in [0.2, 0.25) is 5.82 Å². The van der Waals surface area contributed by atoms with Crippen LogP contribution in [-0.4, -0.2) is 30.5 Å². The van der Waals surface area contributed by atoms with Crippen LogP contribution in [0.2, 0.25) is 0 Å². The van der Waals surface area contributed by atoms with Crippen LogP contribution in [0, 0.1) is 13.8 Å². The summed E-state index contributed by atoms with van der Waals surface area (Å²) in [7, 11) is 0. The normalized spacial score (nSPS) is 10.9. The lowest BCUT2D eigenvalue weighted by molar-refractivity contribution is 0.0941. The van der Waals surface area contributed by atoms with Crippen molar-refractivity contribution >= 4 is 23.0 Å². The highest BCUT2D eigenvalue weighted by atomic mass is 32.1. The number of hydrogen-bond donors (Lipinski definition) is 1. The Morgan fingerprint density at radius 2 is 2.25 bits per heavy atom. The maximum Gasteiger partial charge on any atom is 0.291 e. The molecule has 0 bridgehead atoms. The summed E-state index contributed by atoms with van der Waals surface area (Å²) in [6.45, 7) is 4.23. The molecule has 0 spiro atoms. The highest BCUT2D eigenvalue weighted by Crippen LogP contribution is 2.11. The van der Waals surface area contributed by atoms with E-state index in [1.165, 1.54) is 0 Å². The number of amides is 1. The molecule has 0 aliphatic heterocycles. The number of carbonyl (C=O) groups is 1. The van der Waals surface area contributed by atoms with E-state index < -0.39 is 0 Å². The molecule has 0 aliphatic rings. The molecule has 0 unspecified atom stereocenters. The summed E-state index contributed by atoms with van der Waals surface area (Å²) in [4.78, 5) is 25.3. The minimum atomic E-state index is -0.319. The van der Waals surface area contributed by atoms with Crippen LogP contribution in [0.15, 0.2) is 18.5 Å². The van der Waals surface area contributed by atoms with Gasteiger partial charge in [-0.05, 0) is 19.9 Å². The molecule has 3 heterocycles. The molecule has 0 saturated heterocycles. The molecule has 0 aromatic carbocycles. The van der Waals surface area contributed by atoms with Crippen molar-refractivity contribution in [1.82, 2.24) is 29.9 Å². The van der Waals surface area contributed by atoms with Crippen LogP contribution >= 0.6 is 11.3 Å². The Bertz CT molecular complexity index is 777. The molecule has 20 heavy (non-hydrogen) atoms. The molecule has 3 rings (SSSR count). The molecule has 1 amide bonds. The van der Waals surface area contributed by atoms with E-state index in [1.807, 2.05) is 19.9 Å². The van der Waals surface area contributed by atoms with E-state index >= 15 is 0 Å². The van der Waals surface area contributed by atoms with Gasteiger partial charge in [0.05, 0.1) is 11.6 Å². The smallest absolute Gasteiger partial charge is 0.291 e. The van der Waals surface area contributed by atoms with Crippen molar-refractivity contribution in [2.45, 2.75) is 20.4 Å². The summed E-state index contributed by atoms with van der Waals surface area (Å²) >= 11 is 1.55. The Labute approximate surface area is 118 Å². The maximum atomic E-state index is 12.0. The first kappa shape index (κ1) is 12.7. The Balaban J connectivity index is 1.77. The number of carbonyl (C=O) groups excluding carboxylic acids is 1. The second-order valence-electron chi connectivity index (χ2n) is 4.26. The van der Waals surface area contributed by atoms with Gasteiger partial charge in [0, 0.05) is 23.0 Å². The van der Waals surface area contributed by atoms with Gasteiger partial charge >= 0.3 is 0 Å². The summed E-state index contributed by atoms with van der Waals surface area (Å²) < 4.78 is 1.55. The largest absolute Gasteiger partial charge is 0.344 e. The minimum absolute atomic E-state index is 0.119. The molecule has 0 fully saturated rings. The van der Waals surface area contributed by atoms with Gasteiger partial charge in [-0.2, -0.15) is 4.98 Å². The third-order valence-corrected chi connectivity index (χ3v) is 3.64. The SMILES string of the molecule is Cc1ncc(CNC(=O)c2nc3nccc(C)n3n2)s1. The fourth-order valence-electron chi connectivity index (χ4n) is 1.74. The number of aryl methyl sites for hydroxylation is 2. The van der Waals surface area contributed by atoms with Gasteiger partial charge in [-0.1, -0.05) is 0 Å². The summed E-state index contributed by atoms with van der Waals surface area (Å²) in [6, 6.07) is 1.81. The molecule has 0 saturated carbocycles. The van der Waals surface area contributed by atoms with Crippen molar-refractivity contribution in [1.29, 1.82) is 0 Å². The standard InChI is InChI=1S/C12H12N6OS/c1-7-3-4-13-12-16-10(17-18(7)12)11(19)15-6-9-5-14-8(2)20-9/h3-5H,6H2,1-2H3,(H,15,19). The summed E-state index contributed by atoms with van der Waals surface area (Å²) in [5.74, 6) is 0.220. The van der Waals surface area contributed by atoms with Crippen LogP contribution < -0.4 is 5.32 Å². The third-order valence-electron chi connectivity index (χ3n) is 2.73. The zero-order chi connectivity index (χ0) is 14.1. The van der Waals surface area contributed by atoms with E-state index in [1.54, 1.807) is 28.2 Å². The lowest BCUT2D eigenvalue weighted by atomic mass is 10.5. The Morgan fingerprint density at radius 1 is 1.40 bits per heavy atom. The van der Waals surface area contributed by atoms with E-state index in [4.69, 9.17) is 0 Å². The van der Waals surface area contributed by atoms with Gasteiger partial charge in [0.15, 0.2) is 0 Å². The van der Waals surface area contributed by atoms with Crippen molar-refractivity contribution in [3.05, 3.63) is 39.9 Å². The van der Waals surface area contributed by atoms with E-state index in [0.717, 1.165) is 15.6 Å². The molecule has 3 aromatic rings. The maximum absolute atomic E-state index is 12.0. The van der Waals surface area contributed by atoms with Crippen LogP contribution in [-0.2, 0) is 6.54 Å². The lowest BCUT2D eigenvalue weighted by Crippen LogP contribution is -2.23. The number of hydrogen-bond acceptors (Lipinski definition) is 6. The predicted octanol–water partition coefficient (Wildman–Crippen LogP) is 1.13. The van der Waals surface area contributed by atoms with Crippen LogP contribution in [0.25, 0.3) is 5.78 Å². The highest BCUT2D eigenvalue weighted by Gasteiger charge is 2.14. The Kier molecular flexibility index (Phi) is 3.15. The quantitative estimate of drug-likeness (QED) is 0.781. The first-order valence-corrected chi connectivity index (χ1v) is 6.83. The number of fused-ring (bicyclic) bond motifs is 1. The average molecular weight is 288 g/mol. The Morgan fingerprint density at radius 3 is 2.95 bits per heavy atom. The van der Waals surface area contributed by atoms with E-state index in [0.29, 0.717) is 12.3 Å². The van der Waals surface area contributed by atoms with E-state index in [2.05, 4.69) is 25.4 Å². The van der Waals surface area contributed by atoms with Crippen LogP contribution in [0.4, 0.5) is 0 Å². The molecular weight excluding hydrogens is 276 g/mol. The first-order valence-electron chi connectivity index (χ1n) is 6.01. The molecule has 7 nitrogen and oxygen atoms in total. The van der Waals surface area contributed by atoms with Gasteiger partial charge in [-0.15, -0.1) is 16.4 Å². The number of nitrogens with one attached hydrogen (secondary N) is 1. The van der Waals surface area contributed by atoms with Gasteiger partial charge in [-0.25, -0.2) is 14.5 Å². The Hall–Kier alpha value is -2.35. The third kappa shape index (κ3) is 2.37. The zero-order valence-electron chi connectivity index (χ0n) is 11.0. The summed E-state index contributed by atoms with van der Waals surface area (Å²) in [6.07, 6.45) is 3.39. The molecule has 0 aliphatic carbocycles. The minimum Gasteiger partial charge on any atom is -0.344 e. The van der Waals surface area contributed by atoms with Crippen LogP contribution in [0.1, 0.15) is 26.2 Å². The molecular formula is C12H12N6OS. The lowest BCUT2D eigenvalue weighted by Gasteiger charge is -1.98. The average Bonchev–Trinajstić information content (AvgIpc) is 3.03. The summed E-state index contributed by atoms with van der Waals surface area (Å²) in [5, 5.41) is 7.89. The van der Waals surface area contributed by atoms with E-state index in [9.17, 15) is 4.79 Å². The number of thiazole rings is 1. The van der Waals surface area contributed by atoms with Crippen LogP contribution in [0.5, 0.6) is 0 Å². The van der Waals surface area contributed by atoms with Crippen LogP contribution in [0.3, 0.4) is 0 Å². The van der Waals surface area contributed by atoms with E-state index in [-0.39, 0.29) is 11.7 Å². The summed E-state index contributed by atoms with van der Waals surface area (Å²) in [5.41, 5.74) is 0.875. The monoisotopic (exact) mass is 288 g/mol. The second-order valence-corrected chi connectivity index (χ2v) is 5.58. The second kappa shape index (κ2) is 4.97. The van der Waals surface area contributed by atoms with Gasteiger partial charge in [0.1, 0.15) is 0 Å². The fourth-order valence-corrected chi connectivity index (χ4v) is 2.47. The topological polar surface area (TPSA) is 85.1 Å². The predicted molar refractivity (Wildman–Crippen MR) is 73.5 cm³/mol. The highest BCUT2D eigenvalue weighted by molar-refractivity contribution is 7.11. The molecule has 1 N–H and O–H groups in total. The molecule has 3 aromatic heterocycles. The van der Waals surface area contributed by atoms with Crippen molar-refractivity contribution in [3.8, 4) is 0 Å². The molecule has 0 radical (unpaired) electrons. The van der Waals surface area contributed by atoms with Crippen molar-refractivity contribution in [2.75, 3.05) is 0 Å². The zero-order valence-corrected chi connectivity index (χ0v) is 11.8. The molecule has 0 atom stereocenters. The number of aromatic nitrogens is 5. The number of nitrogens with zero attached hydrogens (tertiary/aromatic N) is 5. The van der Waals surface area contributed by atoms with Gasteiger partial charge < -0.3 is 5.32 Å². The number of rotatable bonds is 3. The van der Waals surface area contributed by atoms with Crippen molar-refractivity contribution in [3.63, 3.8) is 0 Å².